The molecule has 62 valence electrons. The summed E-state index contributed by atoms with van der Waals surface area (Å²) in [5, 5.41) is 11.6. The lowest BCUT2D eigenvalue weighted by Gasteiger charge is -2.08. The summed E-state index contributed by atoms with van der Waals surface area (Å²) in [5.74, 6) is 2.39. The molecular weight excluding hydrogens is 148 g/mol. The number of hydrogen-bond acceptors (Lipinski definition) is 4. The Labute approximate surface area is 64.8 Å². The molecule has 0 aliphatic rings. The van der Waals surface area contributed by atoms with Crippen molar-refractivity contribution in [1.82, 2.24) is 5.32 Å². The first-order chi connectivity index (χ1) is 5.16. The van der Waals surface area contributed by atoms with Crippen LogP contribution in [0.3, 0.4) is 0 Å². The number of rotatable bonds is 5. The largest absolute Gasteiger partial charge is 0.296 e. The van der Waals surface area contributed by atoms with E-state index in [9.17, 15) is 10.1 Å². The van der Waals surface area contributed by atoms with Crippen molar-refractivity contribution in [3.05, 3.63) is 10.1 Å². The maximum absolute atomic E-state index is 9.75. The average Bonchev–Trinajstić information content (AvgIpc) is 1.86. The maximum Gasteiger partial charge on any atom is 0.296 e. The highest BCUT2D eigenvalue weighted by molar-refractivity contribution is 4.83. The molecule has 0 aromatic rings. The minimum absolute atomic E-state index is 0.519. The van der Waals surface area contributed by atoms with Gasteiger partial charge < -0.3 is 0 Å². The van der Waals surface area contributed by atoms with Crippen LogP contribution in [0, 0.1) is 22.5 Å². The zero-order valence-electron chi connectivity index (χ0n) is 6.24. The fourth-order valence-corrected chi connectivity index (χ4v) is 0.514. The first-order valence-corrected chi connectivity index (χ1v) is 3.15. The van der Waals surface area contributed by atoms with Crippen molar-refractivity contribution in [2.45, 2.75) is 19.6 Å². The lowest BCUT2D eigenvalue weighted by molar-refractivity contribution is -0.769. The third kappa shape index (κ3) is 6.61. The summed E-state index contributed by atoms with van der Waals surface area (Å²) in [4.78, 5) is 13.9. The fourth-order valence-electron chi connectivity index (χ4n) is 0.514. The molecule has 1 atom stereocenters. The summed E-state index contributed by atoms with van der Waals surface area (Å²) >= 11 is 0. The van der Waals surface area contributed by atoms with E-state index < -0.39 is 11.3 Å². The van der Waals surface area contributed by atoms with E-state index in [-0.39, 0.29) is 0 Å². The Balaban J connectivity index is 3.31. The van der Waals surface area contributed by atoms with Gasteiger partial charge in [0, 0.05) is 13.0 Å². The third-order valence-electron chi connectivity index (χ3n) is 0.945. The molecule has 1 unspecified atom stereocenters. The Morgan fingerprint density at radius 2 is 2.55 bits per heavy atom. The van der Waals surface area contributed by atoms with Gasteiger partial charge in [-0.2, -0.15) is 0 Å². The number of nitrogens with one attached hydrogen (secondary N) is 1. The topological polar surface area (TPSA) is 64.4 Å². The smallest absolute Gasteiger partial charge is 0.295 e. The van der Waals surface area contributed by atoms with Gasteiger partial charge in [0.2, 0.25) is 0 Å². The van der Waals surface area contributed by atoms with E-state index in [1.54, 1.807) is 6.92 Å². The fraction of sp³-hybridized carbons (Fsp3) is 0.667. The molecule has 11 heavy (non-hydrogen) atoms. The van der Waals surface area contributed by atoms with Gasteiger partial charge in [-0.05, 0) is 6.92 Å². The third-order valence-corrected chi connectivity index (χ3v) is 0.945. The summed E-state index contributed by atoms with van der Waals surface area (Å²) in [6.45, 7) is 2.06. The normalized spacial score (nSPS) is 11.6. The Morgan fingerprint density at radius 3 is 3.00 bits per heavy atom. The van der Waals surface area contributed by atoms with Gasteiger partial charge in [0.1, 0.15) is 0 Å². The molecule has 0 aliphatic carbocycles. The number of hydrogen-bond donors (Lipinski definition) is 1. The van der Waals surface area contributed by atoms with Crippen LogP contribution in [0.15, 0.2) is 0 Å². The molecule has 0 aromatic heterocycles. The molecule has 0 heterocycles. The Hall–Kier alpha value is -1.28. The molecule has 0 fully saturated rings. The first kappa shape index (κ1) is 9.72. The summed E-state index contributed by atoms with van der Waals surface area (Å²) < 4.78 is 0. The lowest BCUT2D eigenvalue weighted by atomic mass is 10.4. The molecule has 5 nitrogen and oxygen atoms in total. The molecular formula is C6H10N2O3. The van der Waals surface area contributed by atoms with Gasteiger partial charge in [-0.25, -0.2) is 0 Å². The van der Waals surface area contributed by atoms with Crippen LogP contribution in [0.2, 0.25) is 0 Å². The van der Waals surface area contributed by atoms with Gasteiger partial charge in [-0.3, -0.25) is 10.2 Å². The van der Waals surface area contributed by atoms with Crippen LogP contribution < -0.4 is 5.32 Å². The van der Waals surface area contributed by atoms with Crippen LogP contribution in [-0.2, 0) is 4.84 Å². The number of terminal acetylenes is 1. The standard InChI is InChI=1S/C6H10N2O3/c1-3-4-5-7-6(2)11-8(9)10/h1,6-7H,4-5H2,2H3. The van der Waals surface area contributed by atoms with Crippen molar-refractivity contribution in [2.24, 2.45) is 0 Å². The van der Waals surface area contributed by atoms with Gasteiger partial charge in [0.05, 0.1) is 0 Å². The Bertz CT molecular complexity index is 164. The minimum atomic E-state index is -0.840. The van der Waals surface area contributed by atoms with Gasteiger partial charge in [0.25, 0.3) is 5.09 Å². The quantitative estimate of drug-likeness (QED) is 0.203. The zero-order chi connectivity index (χ0) is 8.69. The van der Waals surface area contributed by atoms with E-state index in [0.717, 1.165) is 0 Å². The molecule has 0 radical (unpaired) electrons. The second-order valence-corrected chi connectivity index (χ2v) is 1.88. The maximum atomic E-state index is 9.75. The molecule has 0 saturated carbocycles. The molecule has 0 aromatic carbocycles. The second-order valence-electron chi connectivity index (χ2n) is 1.88. The van der Waals surface area contributed by atoms with Crippen molar-refractivity contribution in [1.29, 1.82) is 0 Å². The molecule has 0 aliphatic heterocycles. The zero-order valence-corrected chi connectivity index (χ0v) is 6.24. The molecule has 0 bridgehead atoms. The molecule has 0 rings (SSSR count). The molecule has 0 spiro atoms. The summed E-state index contributed by atoms with van der Waals surface area (Å²) in [6.07, 6.45) is 4.89. The molecule has 0 saturated heterocycles. The average molecular weight is 158 g/mol. The van der Waals surface area contributed by atoms with Crippen LogP contribution in [-0.4, -0.2) is 17.9 Å². The van der Waals surface area contributed by atoms with E-state index in [2.05, 4.69) is 16.1 Å². The van der Waals surface area contributed by atoms with Crippen LogP contribution in [0.4, 0.5) is 0 Å². The van der Waals surface area contributed by atoms with E-state index in [0.29, 0.717) is 13.0 Å². The Kier molecular flexibility index (Phi) is 4.86. The number of nitrogens with zero attached hydrogens (tertiary/aromatic N) is 1. The van der Waals surface area contributed by atoms with Crippen molar-refractivity contribution in [3.8, 4) is 12.3 Å². The van der Waals surface area contributed by atoms with E-state index in [1.165, 1.54) is 0 Å². The van der Waals surface area contributed by atoms with Gasteiger partial charge in [-0.15, -0.1) is 22.5 Å². The minimum Gasteiger partial charge on any atom is -0.295 e. The van der Waals surface area contributed by atoms with Crippen LogP contribution in [0.5, 0.6) is 0 Å². The first-order valence-electron chi connectivity index (χ1n) is 3.15. The van der Waals surface area contributed by atoms with Crippen LogP contribution in [0.1, 0.15) is 13.3 Å². The predicted octanol–water partition coefficient (Wildman–Crippen LogP) is 0.154. The van der Waals surface area contributed by atoms with Crippen molar-refractivity contribution >= 4 is 0 Å². The van der Waals surface area contributed by atoms with Crippen molar-refractivity contribution in [2.75, 3.05) is 6.54 Å². The highest BCUT2D eigenvalue weighted by Crippen LogP contribution is 1.85. The molecule has 5 heteroatoms. The van der Waals surface area contributed by atoms with E-state index in [4.69, 9.17) is 6.42 Å². The van der Waals surface area contributed by atoms with Crippen molar-refractivity contribution < 1.29 is 9.92 Å². The SMILES string of the molecule is C#CCCNC(C)O[N+](=O)[O-]. The summed E-state index contributed by atoms with van der Waals surface area (Å²) in [7, 11) is 0. The highest BCUT2D eigenvalue weighted by Gasteiger charge is 2.03. The predicted molar refractivity (Wildman–Crippen MR) is 39.0 cm³/mol. The van der Waals surface area contributed by atoms with Crippen molar-refractivity contribution in [3.63, 3.8) is 0 Å². The molecule has 0 amide bonds. The van der Waals surface area contributed by atoms with E-state index in [1.807, 2.05) is 0 Å². The van der Waals surface area contributed by atoms with Gasteiger partial charge in [0.15, 0.2) is 6.23 Å². The molecule has 1 N–H and O–H groups in total. The monoisotopic (exact) mass is 158 g/mol. The van der Waals surface area contributed by atoms with Crippen LogP contribution in [0.25, 0.3) is 0 Å². The van der Waals surface area contributed by atoms with Gasteiger partial charge in [-0.1, -0.05) is 0 Å². The summed E-state index contributed by atoms with van der Waals surface area (Å²) in [6, 6.07) is 0. The Morgan fingerprint density at radius 1 is 1.91 bits per heavy atom. The van der Waals surface area contributed by atoms with Crippen LogP contribution >= 0.6 is 0 Å². The second kappa shape index (κ2) is 5.50. The lowest BCUT2D eigenvalue weighted by Crippen LogP contribution is -2.31. The van der Waals surface area contributed by atoms with Gasteiger partial charge >= 0.3 is 0 Å². The summed E-state index contributed by atoms with van der Waals surface area (Å²) in [5.41, 5.74) is 0. The van der Waals surface area contributed by atoms with E-state index >= 15 is 0 Å². The highest BCUT2D eigenvalue weighted by atomic mass is 17.0.